The molecule has 0 saturated carbocycles. The van der Waals surface area contributed by atoms with Crippen molar-refractivity contribution in [2.45, 2.75) is 6.04 Å². The number of H-pyrrole nitrogens is 1. The summed E-state index contributed by atoms with van der Waals surface area (Å²) in [6.45, 7) is 0. The predicted molar refractivity (Wildman–Crippen MR) is 73.2 cm³/mol. The number of aromatic nitrogens is 1. The van der Waals surface area contributed by atoms with Crippen LogP contribution in [0.25, 0.3) is 10.9 Å². The summed E-state index contributed by atoms with van der Waals surface area (Å²) < 4.78 is 0. The summed E-state index contributed by atoms with van der Waals surface area (Å²) in [4.78, 5) is 28.1. The number of nitrogens with zero attached hydrogens (tertiary/aromatic N) is 1. The standard InChI is InChI=1S/C13H12N2O3S/c16-12(15-7-19-6-11(15)13(17)18)9-5-14-10-4-2-1-3-8(9)10/h1-5,11,14H,6-7H2,(H,17,18)/t11-/m0/s1. The lowest BCUT2D eigenvalue weighted by Crippen LogP contribution is -2.41. The number of thioether (sulfide) groups is 1. The molecule has 1 aliphatic rings. The third kappa shape index (κ3) is 1.98. The quantitative estimate of drug-likeness (QED) is 0.876. The molecule has 1 fully saturated rings. The van der Waals surface area contributed by atoms with E-state index < -0.39 is 12.0 Å². The number of rotatable bonds is 2. The molecule has 0 unspecified atom stereocenters. The van der Waals surface area contributed by atoms with Crippen molar-refractivity contribution in [3.05, 3.63) is 36.0 Å². The Kier molecular flexibility index (Phi) is 2.94. The van der Waals surface area contributed by atoms with E-state index in [1.807, 2.05) is 24.3 Å². The summed E-state index contributed by atoms with van der Waals surface area (Å²) in [6, 6.07) is 6.77. The first-order chi connectivity index (χ1) is 9.18. The van der Waals surface area contributed by atoms with Crippen LogP contribution in [0.3, 0.4) is 0 Å². The molecular weight excluding hydrogens is 264 g/mol. The third-order valence-electron chi connectivity index (χ3n) is 3.25. The molecule has 0 bridgehead atoms. The van der Waals surface area contributed by atoms with Crippen molar-refractivity contribution >= 4 is 34.5 Å². The molecule has 5 nitrogen and oxygen atoms in total. The second-order valence-corrected chi connectivity index (χ2v) is 5.38. The monoisotopic (exact) mass is 276 g/mol. The Labute approximate surface area is 113 Å². The highest BCUT2D eigenvalue weighted by molar-refractivity contribution is 7.99. The summed E-state index contributed by atoms with van der Waals surface area (Å²) in [5.74, 6) is -0.299. The predicted octanol–water partition coefficient (Wildman–Crippen LogP) is 1.77. The van der Waals surface area contributed by atoms with Gasteiger partial charge >= 0.3 is 5.97 Å². The lowest BCUT2D eigenvalue weighted by molar-refractivity contribution is -0.140. The van der Waals surface area contributed by atoms with E-state index >= 15 is 0 Å². The SMILES string of the molecule is O=C(O)[C@@H]1CSCN1C(=O)c1c[nH]c2ccccc12. The summed E-state index contributed by atoms with van der Waals surface area (Å²) in [5.41, 5.74) is 1.41. The van der Waals surface area contributed by atoms with Crippen molar-refractivity contribution in [2.24, 2.45) is 0 Å². The fourth-order valence-electron chi connectivity index (χ4n) is 2.25. The largest absolute Gasteiger partial charge is 0.480 e. The second kappa shape index (κ2) is 4.62. The maximum atomic E-state index is 12.5. The molecule has 19 heavy (non-hydrogen) atoms. The fourth-order valence-corrected chi connectivity index (χ4v) is 3.40. The van der Waals surface area contributed by atoms with Crippen LogP contribution in [0, 0.1) is 0 Å². The molecule has 0 spiro atoms. The summed E-state index contributed by atoms with van der Waals surface area (Å²) >= 11 is 1.46. The first-order valence-corrected chi connectivity index (χ1v) is 7.01. The van der Waals surface area contributed by atoms with Gasteiger partial charge in [0.25, 0.3) is 5.91 Å². The molecule has 1 aromatic carbocycles. The number of carbonyl (C=O) groups is 2. The van der Waals surface area contributed by atoms with Crippen LogP contribution >= 0.6 is 11.8 Å². The van der Waals surface area contributed by atoms with Gasteiger partial charge in [-0.3, -0.25) is 4.79 Å². The van der Waals surface area contributed by atoms with Gasteiger partial charge in [0.1, 0.15) is 6.04 Å². The zero-order chi connectivity index (χ0) is 13.4. The number of benzene rings is 1. The Morgan fingerprint density at radius 1 is 1.37 bits per heavy atom. The molecular formula is C13H12N2O3S. The van der Waals surface area contributed by atoms with Crippen molar-refractivity contribution < 1.29 is 14.7 Å². The zero-order valence-electron chi connectivity index (χ0n) is 10.00. The van der Waals surface area contributed by atoms with E-state index in [-0.39, 0.29) is 5.91 Å². The Morgan fingerprint density at radius 2 is 2.16 bits per heavy atom. The van der Waals surface area contributed by atoms with Gasteiger partial charge in [0, 0.05) is 22.9 Å². The minimum Gasteiger partial charge on any atom is -0.480 e. The number of para-hydroxylation sites is 1. The van der Waals surface area contributed by atoms with Crippen molar-refractivity contribution in [3.8, 4) is 0 Å². The van der Waals surface area contributed by atoms with E-state index in [1.54, 1.807) is 6.20 Å². The number of hydrogen-bond donors (Lipinski definition) is 2. The summed E-state index contributed by atoms with van der Waals surface area (Å²) in [7, 11) is 0. The molecule has 98 valence electrons. The average molecular weight is 276 g/mol. The molecule has 2 aromatic rings. The van der Waals surface area contributed by atoms with Crippen LogP contribution in [0.4, 0.5) is 0 Å². The van der Waals surface area contributed by atoms with E-state index in [9.17, 15) is 9.59 Å². The molecule has 1 atom stereocenters. The van der Waals surface area contributed by atoms with Crippen LogP contribution in [-0.4, -0.2) is 44.5 Å². The van der Waals surface area contributed by atoms with E-state index in [1.165, 1.54) is 16.7 Å². The van der Waals surface area contributed by atoms with Gasteiger partial charge in [-0.05, 0) is 6.07 Å². The molecule has 1 aromatic heterocycles. The Hall–Kier alpha value is -1.95. The van der Waals surface area contributed by atoms with Crippen molar-refractivity contribution in [3.63, 3.8) is 0 Å². The van der Waals surface area contributed by atoms with Crippen LogP contribution in [0.5, 0.6) is 0 Å². The maximum absolute atomic E-state index is 12.5. The Bertz CT molecular complexity index is 652. The highest BCUT2D eigenvalue weighted by Crippen LogP contribution is 2.26. The minimum absolute atomic E-state index is 0.227. The van der Waals surface area contributed by atoms with Gasteiger partial charge in [-0.25, -0.2) is 4.79 Å². The maximum Gasteiger partial charge on any atom is 0.327 e. The fraction of sp³-hybridized carbons (Fsp3) is 0.231. The molecule has 2 heterocycles. The highest BCUT2D eigenvalue weighted by atomic mass is 32.2. The Balaban J connectivity index is 1.98. The summed E-state index contributed by atoms with van der Waals surface area (Å²) in [6.07, 6.45) is 1.65. The molecule has 2 N–H and O–H groups in total. The van der Waals surface area contributed by atoms with Gasteiger partial charge in [-0.2, -0.15) is 0 Å². The number of nitrogens with one attached hydrogen (secondary N) is 1. The smallest absolute Gasteiger partial charge is 0.327 e. The number of carboxylic acid groups (broad SMARTS) is 1. The number of aromatic amines is 1. The lowest BCUT2D eigenvalue weighted by Gasteiger charge is -2.19. The topological polar surface area (TPSA) is 73.4 Å². The zero-order valence-corrected chi connectivity index (χ0v) is 10.8. The second-order valence-electron chi connectivity index (χ2n) is 4.38. The lowest BCUT2D eigenvalue weighted by atomic mass is 10.1. The molecule has 6 heteroatoms. The molecule has 0 radical (unpaired) electrons. The van der Waals surface area contributed by atoms with Crippen molar-refractivity contribution in [2.75, 3.05) is 11.6 Å². The van der Waals surface area contributed by atoms with E-state index in [0.717, 1.165) is 10.9 Å². The van der Waals surface area contributed by atoms with E-state index in [2.05, 4.69) is 4.98 Å². The van der Waals surface area contributed by atoms with Gasteiger partial charge in [-0.1, -0.05) is 18.2 Å². The number of hydrogen-bond acceptors (Lipinski definition) is 3. The van der Waals surface area contributed by atoms with Crippen molar-refractivity contribution in [1.82, 2.24) is 9.88 Å². The summed E-state index contributed by atoms with van der Waals surface area (Å²) in [5, 5.41) is 9.96. The third-order valence-corrected chi connectivity index (χ3v) is 4.26. The first kappa shape index (κ1) is 12.1. The van der Waals surface area contributed by atoms with Gasteiger partial charge in [-0.15, -0.1) is 11.8 Å². The number of aliphatic carboxylic acids is 1. The number of amides is 1. The molecule has 1 aliphatic heterocycles. The van der Waals surface area contributed by atoms with Gasteiger partial charge in [0.2, 0.25) is 0 Å². The minimum atomic E-state index is -0.946. The van der Waals surface area contributed by atoms with E-state index in [0.29, 0.717) is 17.2 Å². The normalized spacial score (nSPS) is 18.9. The molecule has 0 aliphatic carbocycles. The van der Waals surface area contributed by atoms with Crippen LogP contribution < -0.4 is 0 Å². The van der Waals surface area contributed by atoms with Gasteiger partial charge < -0.3 is 15.0 Å². The first-order valence-electron chi connectivity index (χ1n) is 5.86. The molecule has 1 saturated heterocycles. The van der Waals surface area contributed by atoms with Crippen LogP contribution in [0.1, 0.15) is 10.4 Å². The van der Waals surface area contributed by atoms with E-state index in [4.69, 9.17) is 5.11 Å². The van der Waals surface area contributed by atoms with Crippen LogP contribution in [0.2, 0.25) is 0 Å². The van der Waals surface area contributed by atoms with Crippen LogP contribution in [0.15, 0.2) is 30.5 Å². The number of fused-ring (bicyclic) bond motifs is 1. The molecule has 1 amide bonds. The number of carboxylic acids is 1. The molecule has 3 rings (SSSR count). The number of carbonyl (C=O) groups excluding carboxylic acids is 1. The van der Waals surface area contributed by atoms with Gasteiger partial charge in [0.15, 0.2) is 0 Å². The van der Waals surface area contributed by atoms with Crippen LogP contribution in [-0.2, 0) is 4.79 Å². The van der Waals surface area contributed by atoms with Crippen molar-refractivity contribution in [1.29, 1.82) is 0 Å². The highest BCUT2D eigenvalue weighted by Gasteiger charge is 2.35. The Morgan fingerprint density at radius 3 is 2.95 bits per heavy atom. The average Bonchev–Trinajstić information content (AvgIpc) is 3.05. The van der Waals surface area contributed by atoms with Gasteiger partial charge in [0.05, 0.1) is 11.4 Å².